The van der Waals surface area contributed by atoms with Crippen LogP contribution in [0.1, 0.15) is 30.4 Å². The van der Waals surface area contributed by atoms with Crippen LogP contribution >= 0.6 is 0 Å². The Kier molecular flexibility index (Phi) is 5.53. The molecule has 0 spiro atoms. The summed E-state index contributed by atoms with van der Waals surface area (Å²) in [6.45, 7) is 7.96. The van der Waals surface area contributed by atoms with Crippen molar-refractivity contribution in [3.05, 3.63) is 64.1 Å². The number of hydrogen-bond acceptors (Lipinski definition) is 4. The van der Waals surface area contributed by atoms with Crippen molar-refractivity contribution in [1.82, 2.24) is 9.47 Å². The first-order valence-electron chi connectivity index (χ1n) is 10.1. The highest BCUT2D eigenvalue weighted by Crippen LogP contribution is 2.24. The molecule has 1 aromatic heterocycles. The first kappa shape index (κ1) is 18.8. The van der Waals surface area contributed by atoms with Crippen LogP contribution in [-0.2, 0) is 6.54 Å². The normalized spacial score (nSPS) is 15.9. The van der Waals surface area contributed by atoms with Crippen molar-refractivity contribution < 1.29 is 9.15 Å². The van der Waals surface area contributed by atoms with Gasteiger partial charge in [0, 0.05) is 19.6 Å². The van der Waals surface area contributed by atoms with E-state index >= 15 is 0 Å². The molecule has 0 bridgehead atoms. The molecule has 5 nitrogen and oxygen atoms in total. The smallest absolute Gasteiger partial charge is 0.419 e. The lowest BCUT2D eigenvalue weighted by Crippen LogP contribution is -2.39. The number of rotatable bonds is 6. The first-order valence-corrected chi connectivity index (χ1v) is 10.1. The van der Waals surface area contributed by atoms with Gasteiger partial charge in [0.2, 0.25) is 0 Å². The minimum Gasteiger partial charge on any atom is -0.490 e. The van der Waals surface area contributed by atoms with Gasteiger partial charge in [0.1, 0.15) is 11.9 Å². The molecular weight excluding hydrogens is 352 g/mol. The molecule has 0 unspecified atom stereocenters. The zero-order valence-corrected chi connectivity index (χ0v) is 16.7. The Morgan fingerprint density at radius 2 is 1.86 bits per heavy atom. The third kappa shape index (κ3) is 4.14. The van der Waals surface area contributed by atoms with Gasteiger partial charge in [0.05, 0.1) is 5.52 Å². The molecule has 28 heavy (non-hydrogen) atoms. The molecule has 148 valence electrons. The topological polar surface area (TPSA) is 47.6 Å². The number of hydrogen-bond donors (Lipinski definition) is 0. The van der Waals surface area contributed by atoms with Crippen LogP contribution in [0.4, 0.5) is 0 Å². The van der Waals surface area contributed by atoms with Gasteiger partial charge in [-0.05, 0) is 69.0 Å². The van der Waals surface area contributed by atoms with Crippen molar-refractivity contribution >= 4 is 11.1 Å². The van der Waals surface area contributed by atoms with Gasteiger partial charge in [-0.2, -0.15) is 0 Å². The fourth-order valence-electron chi connectivity index (χ4n) is 3.94. The molecule has 1 fully saturated rings. The number of fused-ring (bicyclic) bond motifs is 1. The van der Waals surface area contributed by atoms with Crippen LogP contribution < -0.4 is 10.5 Å². The third-order valence-corrected chi connectivity index (χ3v) is 5.60. The number of para-hydroxylation sites is 2. The SMILES string of the molecule is Cc1ccc(C)c(OC2CCN(CCCn3c(=O)oc4ccccc43)CC2)c1. The van der Waals surface area contributed by atoms with E-state index in [-0.39, 0.29) is 11.9 Å². The summed E-state index contributed by atoms with van der Waals surface area (Å²) < 4.78 is 13.3. The van der Waals surface area contributed by atoms with E-state index in [1.807, 2.05) is 24.3 Å². The van der Waals surface area contributed by atoms with Crippen LogP contribution in [0.3, 0.4) is 0 Å². The second-order valence-electron chi connectivity index (χ2n) is 7.77. The van der Waals surface area contributed by atoms with Crippen molar-refractivity contribution in [3.63, 3.8) is 0 Å². The molecule has 3 aromatic rings. The Hall–Kier alpha value is -2.53. The maximum absolute atomic E-state index is 12.1. The Balaban J connectivity index is 1.26. The van der Waals surface area contributed by atoms with Crippen molar-refractivity contribution in [1.29, 1.82) is 0 Å². The van der Waals surface area contributed by atoms with Gasteiger partial charge in [0.15, 0.2) is 5.58 Å². The summed E-state index contributed by atoms with van der Waals surface area (Å²) in [5, 5.41) is 0. The first-order chi connectivity index (χ1) is 13.6. The van der Waals surface area contributed by atoms with Gasteiger partial charge < -0.3 is 14.1 Å². The summed E-state index contributed by atoms with van der Waals surface area (Å²) >= 11 is 0. The van der Waals surface area contributed by atoms with Gasteiger partial charge in [-0.15, -0.1) is 0 Å². The van der Waals surface area contributed by atoms with E-state index in [4.69, 9.17) is 9.15 Å². The number of oxazole rings is 1. The summed E-state index contributed by atoms with van der Waals surface area (Å²) in [4.78, 5) is 14.5. The van der Waals surface area contributed by atoms with E-state index < -0.39 is 0 Å². The van der Waals surface area contributed by atoms with Crippen LogP contribution in [0.5, 0.6) is 5.75 Å². The number of piperidine rings is 1. The molecule has 1 saturated heterocycles. The molecule has 0 saturated carbocycles. The number of ether oxygens (including phenoxy) is 1. The fourth-order valence-corrected chi connectivity index (χ4v) is 3.94. The average Bonchev–Trinajstić information content (AvgIpc) is 3.01. The molecule has 1 aliphatic heterocycles. The van der Waals surface area contributed by atoms with Crippen LogP contribution in [0.15, 0.2) is 51.7 Å². The van der Waals surface area contributed by atoms with Gasteiger partial charge in [0.25, 0.3) is 0 Å². The minimum atomic E-state index is -0.262. The van der Waals surface area contributed by atoms with Crippen molar-refractivity contribution in [3.8, 4) is 5.75 Å². The lowest BCUT2D eigenvalue weighted by molar-refractivity contribution is 0.0986. The molecule has 5 heteroatoms. The molecule has 0 radical (unpaired) electrons. The maximum atomic E-state index is 12.1. The molecule has 2 aromatic carbocycles. The van der Waals surface area contributed by atoms with Gasteiger partial charge in [-0.25, -0.2) is 4.79 Å². The van der Waals surface area contributed by atoms with Gasteiger partial charge in [-0.1, -0.05) is 24.3 Å². The Labute approximate surface area is 165 Å². The lowest BCUT2D eigenvalue weighted by Gasteiger charge is -2.32. The second kappa shape index (κ2) is 8.23. The van der Waals surface area contributed by atoms with Crippen molar-refractivity contribution in [2.75, 3.05) is 19.6 Å². The number of likely N-dealkylation sites (tertiary alicyclic amines) is 1. The standard InChI is InChI=1S/C23H28N2O3/c1-17-8-9-18(2)22(16-17)27-19-10-14-24(15-11-19)12-5-13-25-20-6-3-4-7-21(20)28-23(25)26/h3-4,6-9,16,19H,5,10-15H2,1-2H3. The van der Waals surface area contributed by atoms with E-state index in [9.17, 15) is 4.79 Å². The quantitative estimate of drug-likeness (QED) is 0.645. The summed E-state index contributed by atoms with van der Waals surface area (Å²) in [7, 11) is 0. The van der Waals surface area contributed by atoms with E-state index in [0.29, 0.717) is 12.1 Å². The zero-order valence-electron chi connectivity index (χ0n) is 16.7. The molecule has 4 rings (SSSR count). The molecular formula is C23H28N2O3. The number of benzene rings is 2. The van der Waals surface area contributed by atoms with Crippen LogP contribution in [-0.4, -0.2) is 35.2 Å². The molecule has 2 heterocycles. The third-order valence-electron chi connectivity index (χ3n) is 5.60. The Morgan fingerprint density at radius 1 is 1.07 bits per heavy atom. The van der Waals surface area contributed by atoms with E-state index in [2.05, 4.69) is 36.9 Å². The highest BCUT2D eigenvalue weighted by atomic mass is 16.5. The van der Waals surface area contributed by atoms with Gasteiger partial charge in [-0.3, -0.25) is 4.57 Å². The zero-order chi connectivity index (χ0) is 19.5. The van der Waals surface area contributed by atoms with Crippen LogP contribution in [0, 0.1) is 13.8 Å². The average molecular weight is 380 g/mol. The summed E-state index contributed by atoms with van der Waals surface area (Å²) in [5.41, 5.74) is 3.98. The fraction of sp³-hybridized carbons (Fsp3) is 0.435. The van der Waals surface area contributed by atoms with E-state index in [1.54, 1.807) is 4.57 Å². The Morgan fingerprint density at radius 3 is 2.68 bits per heavy atom. The maximum Gasteiger partial charge on any atom is 0.419 e. The number of nitrogens with zero attached hydrogens (tertiary/aromatic N) is 2. The molecule has 0 N–H and O–H groups in total. The predicted octanol–water partition coefficient (Wildman–Crippen LogP) is 4.14. The molecule has 0 aliphatic carbocycles. The highest BCUT2D eigenvalue weighted by Gasteiger charge is 2.21. The molecule has 0 amide bonds. The summed E-state index contributed by atoms with van der Waals surface area (Å²) in [6, 6.07) is 14.0. The summed E-state index contributed by atoms with van der Waals surface area (Å²) in [5.74, 6) is 0.756. The van der Waals surface area contributed by atoms with Crippen LogP contribution in [0.2, 0.25) is 0 Å². The minimum absolute atomic E-state index is 0.262. The number of aromatic nitrogens is 1. The monoisotopic (exact) mass is 380 g/mol. The predicted molar refractivity (Wildman–Crippen MR) is 111 cm³/mol. The van der Waals surface area contributed by atoms with Crippen molar-refractivity contribution in [2.45, 2.75) is 45.8 Å². The molecule has 1 aliphatic rings. The highest BCUT2D eigenvalue weighted by molar-refractivity contribution is 5.72. The van der Waals surface area contributed by atoms with Crippen molar-refractivity contribution in [2.24, 2.45) is 0 Å². The van der Waals surface area contributed by atoms with Gasteiger partial charge >= 0.3 is 5.76 Å². The van der Waals surface area contributed by atoms with E-state index in [1.165, 1.54) is 11.1 Å². The van der Waals surface area contributed by atoms with Crippen LogP contribution in [0.25, 0.3) is 11.1 Å². The summed E-state index contributed by atoms with van der Waals surface area (Å²) in [6.07, 6.45) is 3.31. The molecule has 0 atom stereocenters. The van der Waals surface area contributed by atoms with E-state index in [0.717, 1.165) is 50.2 Å². The number of aryl methyl sites for hydroxylation is 3. The Bertz CT molecular complexity index is 996. The lowest BCUT2D eigenvalue weighted by atomic mass is 10.1. The largest absolute Gasteiger partial charge is 0.490 e. The second-order valence-corrected chi connectivity index (χ2v) is 7.77.